The van der Waals surface area contributed by atoms with Crippen LogP contribution in [0.25, 0.3) is 6.08 Å². The number of carboxylic acid groups (broad SMARTS) is 1. The zero-order valence-electron chi connectivity index (χ0n) is 11.8. The number of aromatic nitrogens is 2. The maximum absolute atomic E-state index is 11.9. The lowest BCUT2D eigenvalue weighted by molar-refractivity contribution is -0.142. The summed E-state index contributed by atoms with van der Waals surface area (Å²) in [5, 5.41) is 13.0. The van der Waals surface area contributed by atoms with Gasteiger partial charge in [-0.1, -0.05) is 5.92 Å². The Balaban J connectivity index is 2.89. The normalized spacial score (nSPS) is 10.5. The predicted octanol–water partition coefficient (Wildman–Crippen LogP) is 0.597. The second-order valence-electron chi connectivity index (χ2n) is 4.33. The van der Waals surface area contributed by atoms with Gasteiger partial charge >= 0.3 is 5.97 Å². The number of carboxylic acids is 1. The van der Waals surface area contributed by atoms with Crippen LogP contribution in [0.3, 0.4) is 0 Å². The van der Waals surface area contributed by atoms with Gasteiger partial charge in [-0.15, -0.1) is 6.42 Å². The van der Waals surface area contributed by atoms with Gasteiger partial charge in [-0.25, -0.2) is 0 Å². The standard InChI is InChI=1S/C14H17N3O3/c1-5-8-17(9-14(19)20)13(18)7-6-12-10(2)15-16(4)11(12)3/h1,6-7H,8-9H2,2-4H3,(H,19,20). The first-order valence-electron chi connectivity index (χ1n) is 5.99. The molecule has 0 aliphatic carbocycles. The van der Waals surface area contributed by atoms with E-state index in [9.17, 15) is 9.59 Å². The summed E-state index contributed by atoms with van der Waals surface area (Å²) in [4.78, 5) is 23.7. The Morgan fingerprint density at radius 2 is 2.15 bits per heavy atom. The van der Waals surface area contributed by atoms with E-state index in [4.69, 9.17) is 11.5 Å². The van der Waals surface area contributed by atoms with Crippen molar-refractivity contribution in [2.75, 3.05) is 13.1 Å². The molecule has 0 fully saturated rings. The fourth-order valence-electron chi connectivity index (χ4n) is 1.78. The molecule has 0 unspecified atom stereocenters. The first kappa shape index (κ1) is 15.5. The van der Waals surface area contributed by atoms with Crippen molar-refractivity contribution in [2.45, 2.75) is 13.8 Å². The van der Waals surface area contributed by atoms with Gasteiger partial charge in [0.05, 0.1) is 12.2 Å². The molecule has 0 saturated heterocycles. The Morgan fingerprint density at radius 1 is 1.50 bits per heavy atom. The maximum Gasteiger partial charge on any atom is 0.323 e. The summed E-state index contributed by atoms with van der Waals surface area (Å²) in [6.07, 6.45) is 8.07. The minimum absolute atomic E-state index is 0.0412. The highest BCUT2D eigenvalue weighted by Crippen LogP contribution is 2.13. The van der Waals surface area contributed by atoms with Crippen LogP contribution >= 0.6 is 0 Å². The van der Waals surface area contributed by atoms with Gasteiger partial charge in [0.15, 0.2) is 0 Å². The SMILES string of the molecule is C#CCN(CC(=O)O)C(=O)C=Cc1c(C)nn(C)c1C. The molecule has 0 atom stereocenters. The van der Waals surface area contributed by atoms with Gasteiger partial charge in [-0.05, 0) is 19.9 Å². The van der Waals surface area contributed by atoms with Crippen molar-refractivity contribution in [3.05, 3.63) is 23.0 Å². The first-order chi connectivity index (χ1) is 9.36. The lowest BCUT2D eigenvalue weighted by Crippen LogP contribution is -2.34. The van der Waals surface area contributed by atoms with Crippen LogP contribution in [-0.2, 0) is 16.6 Å². The van der Waals surface area contributed by atoms with Crippen LogP contribution < -0.4 is 0 Å². The number of carbonyl (C=O) groups is 2. The van der Waals surface area contributed by atoms with Gasteiger partial charge in [-0.3, -0.25) is 14.3 Å². The molecule has 0 aromatic carbocycles. The largest absolute Gasteiger partial charge is 0.480 e. The number of amides is 1. The van der Waals surface area contributed by atoms with E-state index in [1.54, 1.807) is 10.8 Å². The zero-order chi connectivity index (χ0) is 15.3. The summed E-state index contributed by atoms with van der Waals surface area (Å²) in [5.74, 6) is 0.732. The van der Waals surface area contributed by atoms with Gasteiger partial charge in [0.25, 0.3) is 0 Å². The average Bonchev–Trinajstić information content (AvgIpc) is 2.60. The molecule has 0 aliphatic rings. The third-order valence-electron chi connectivity index (χ3n) is 2.88. The van der Waals surface area contributed by atoms with Crippen LogP contribution in [0.4, 0.5) is 0 Å². The van der Waals surface area contributed by atoms with Crippen molar-refractivity contribution in [2.24, 2.45) is 7.05 Å². The van der Waals surface area contributed by atoms with Crippen LogP contribution in [0.1, 0.15) is 17.0 Å². The number of rotatable bonds is 5. The predicted molar refractivity (Wildman–Crippen MR) is 74.8 cm³/mol. The molecule has 6 nitrogen and oxygen atoms in total. The molecule has 1 amide bonds. The zero-order valence-corrected chi connectivity index (χ0v) is 11.8. The average molecular weight is 275 g/mol. The smallest absolute Gasteiger partial charge is 0.323 e. The van der Waals surface area contributed by atoms with E-state index < -0.39 is 18.4 Å². The van der Waals surface area contributed by atoms with Crippen LogP contribution in [0.2, 0.25) is 0 Å². The highest BCUT2D eigenvalue weighted by atomic mass is 16.4. The number of nitrogens with zero attached hydrogens (tertiary/aromatic N) is 3. The number of terminal acetylenes is 1. The molecule has 1 rings (SSSR count). The van der Waals surface area contributed by atoms with Crippen molar-refractivity contribution in [1.29, 1.82) is 0 Å². The fourth-order valence-corrected chi connectivity index (χ4v) is 1.78. The van der Waals surface area contributed by atoms with E-state index in [-0.39, 0.29) is 6.54 Å². The van der Waals surface area contributed by atoms with Crippen LogP contribution in [0.15, 0.2) is 6.08 Å². The van der Waals surface area contributed by atoms with Crippen molar-refractivity contribution in [3.8, 4) is 12.3 Å². The molecular formula is C14H17N3O3. The molecule has 0 bridgehead atoms. The molecule has 0 spiro atoms. The molecule has 106 valence electrons. The number of hydrogen-bond acceptors (Lipinski definition) is 3. The Labute approximate surface area is 117 Å². The summed E-state index contributed by atoms with van der Waals surface area (Å²) in [5.41, 5.74) is 2.57. The molecule has 1 aromatic rings. The van der Waals surface area contributed by atoms with E-state index in [0.29, 0.717) is 0 Å². The second kappa shape index (κ2) is 6.57. The first-order valence-corrected chi connectivity index (χ1v) is 5.99. The molecule has 20 heavy (non-hydrogen) atoms. The Kier molecular flexibility index (Phi) is 5.09. The summed E-state index contributed by atoms with van der Waals surface area (Å²) < 4.78 is 1.72. The van der Waals surface area contributed by atoms with Crippen LogP contribution in [0, 0.1) is 26.2 Å². The summed E-state index contributed by atoms with van der Waals surface area (Å²) in [6, 6.07) is 0. The second-order valence-corrected chi connectivity index (χ2v) is 4.33. The van der Waals surface area contributed by atoms with Crippen molar-refractivity contribution < 1.29 is 14.7 Å². The molecule has 1 N–H and O–H groups in total. The number of carbonyl (C=O) groups excluding carboxylic acids is 1. The summed E-state index contributed by atoms with van der Waals surface area (Å²) in [7, 11) is 1.82. The highest BCUT2D eigenvalue weighted by molar-refractivity contribution is 5.94. The Bertz CT molecular complexity index is 594. The molecule has 0 saturated carbocycles. The number of hydrogen-bond donors (Lipinski definition) is 1. The van der Waals surface area contributed by atoms with Gasteiger partial charge < -0.3 is 10.0 Å². The maximum atomic E-state index is 11.9. The quantitative estimate of drug-likeness (QED) is 0.630. The van der Waals surface area contributed by atoms with Crippen molar-refractivity contribution in [3.63, 3.8) is 0 Å². The van der Waals surface area contributed by atoms with Gasteiger partial charge in [0.2, 0.25) is 5.91 Å². The van der Waals surface area contributed by atoms with Crippen LogP contribution in [0.5, 0.6) is 0 Å². The van der Waals surface area contributed by atoms with Crippen LogP contribution in [-0.4, -0.2) is 44.8 Å². The monoisotopic (exact) mass is 275 g/mol. The molecule has 6 heteroatoms. The highest BCUT2D eigenvalue weighted by Gasteiger charge is 2.14. The Hall–Kier alpha value is -2.55. The summed E-state index contributed by atoms with van der Waals surface area (Å²) in [6.45, 7) is 3.27. The van der Waals surface area contributed by atoms with E-state index in [2.05, 4.69) is 11.0 Å². The van der Waals surface area contributed by atoms with Crippen molar-refractivity contribution >= 4 is 18.0 Å². The lowest BCUT2D eigenvalue weighted by Gasteiger charge is -2.15. The molecule has 1 heterocycles. The van der Waals surface area contributed by atoms with E-state index in [1.165, 1.54) is 6.08 Å². The number of aliphatic carboxylic acids is 1. The molecule has 0 radical (unpaired) electrons. The van der Waals surface area contributed by atoms with Gasteiger partial charge in [-0.2, -0.15) is 5.10 Å². The van der Waals surface area contributed by atoms with Gasteiger partial charge in [0, 0.05) is 24.4 Å². The Morgan fingerprint density at radius 3 is 2.60 bits per heavy atom. The minimum atomic E-state index is -1.10. The van der Waals surface area contributed by atoms with Crippen molar-refractivity contribution in [1.82, 2.24) is 14.7 Å². The van der Waals surface area contributed by atoms with Gasteiger partial charge in [0.1, 0.15) is 6.54 Å². The van der Waals surface area contributed by atoms with E-state index >= 15 is 0 Å². The molecule has 1 aromatic heterocycles. The third kappa shape index (κ3) is 3.72. The van der Waals surface area contributed by atoms with E-state index in [1.807, 2.05) is 20.9 Å². The number of aryl methyl sites for hydroxylation is 2. The molecular weight excluding hydrogens is 258 g/mol. The lowest BCUT2D eigenvalue weighted by atomic mass is 10.2. The summed E-state index contributed by atoms with van der Waals surface area (Å²) >= 11 is 0. The topological polar surface area (TPSA) is 75.4 Å². The fraction of sp³-hybridized carbons (Fsp3) is 0.357. The molecule has 0 aliphatic heterocycles. The minimum Gasteiger partial charge on any atom is -0.480 e. The third-order valence-corrected chi connectivity index (χ3v) is 2.88. The van der Waals surface area contributed by atoms with E-state index in [0.717, 1.165) is 21.9 Å².